The molecule has 4 amide bonds. The number of barbiturate groups is 1. The quantitative estimate of drug-likeness (QED) is 0.771. The fourth-order valence-corrected chi connectivity index (χ4v) is 3.33. The molecule has 6 heteroatoms. The van der Waals surface area contributed by atoms with Gasteiger partial charge in [0.05, 0.1) is 0 Å². The third kappa shape index (κ3) is 4.05. The van der Waals surface area contributed by atoms with E-state index in [1.54, 1.807) is 12.4 Å². The molecule has 1 saturated heterocycles. The third-order valence-electron chi connectivity index (χ3n) is 5.07. The lowest BCUT2D eigenvalue weighted by Gasteiger charge is -2.34. The van der Waals surface area contributed by atoms with Crippen LogP contribution in [-0.2, 0) is 22.4 Å². The number of pyridine rings is 1. The van der Waals surface area contributed by atoms with Crippen LogP contribution in [0.1, 0.15) is 42.9 Å². The Labute approximate surface area is 158 Å². The average Bonchev–Trinajstić information content (AvgIpc) is 2.65. The predicted molar refractivity (Wildman–Crippen MR) is 101 cm³/mol. The van der Waals surface area contributed by atoms with Crippen molar-refractivity contribution < 1.29 is 14.4 Å². The molecular weight excluding hydrogens is 342 g/mol. The van der Waals surface area contributed by atoms with Gasteiger partial charge < -0.3 is 0 Å². The maximum atomic E-state index is 12.7. The number of carbonyl (C=O) groups is 3. The van der Waals surface area contributed by atoms with Crippen LogP contribution < -0.4 is 10.6 Å². The van der Waals surface area contributed by atoms with Gasteiger partial charge >= 0.3 is 6.03 Å². The molecule has 1 aromatic carbocycles. The number of aryl methyl sites for hydroxylation is 1. The summed E-state index contributed by atoms with van der Waals surface area (Å²) in [6, 6.07) is 10.9. The first-order valence-electron chi connectivity index (χ1n) is 9.05. The highest BCUT2D eigenvalue weighted by atomic mass is 16.2. The molecule has 2 heterocycles. The Morgan fingerprint density at radius 2 is 1.48 bits per heavy atom. The minimum Gasteiger partial charge on any atom is -0.277 e. The third-order valence-corrected chi connectivity index (χ3v) is 5.07. The molecule has 27 heavy (non-hydrogen) atoms. The number of amides is 4. The number of hydrogen-bond acceptors (Lipinski definition) is 4. The fraction of sp³-hybridized carbons (Fsp3) is 0.333. The molecule has 0 bridgehead atoms. The second kappa shape index (κ2) is 7.70. The van der Waals surface area contributed by atoms with Crippen molar-refractivity contribution in [1.29, 1.82) is 0 Å². The molecule has 1 aliphatic heterocycles. The van der Waals surface area contributed by atoms with Gasteiger partial charge in [0.2, 0.25) is 11.8 Å². The van der Waals surface area contributed by atoms with Crippen LogP contribution in [0.3, 0.4) is 0 Å². The maximum Gasteiger partial charge on any atom is 0.328 e. The van der Waals surface area contributed by atoms with Crippen molar-refractivity contribution in [3.8, 4) is 0 Å². The molecule has 0 spiro atoms. The SMILES string of the molecule is CC(C)c1ccc(CC2(CCc3ccncc3)C(=O)NC(=O)NC2=O)cc1. The summed E-state index contributed by atoms with van der Waals surface area (Å²) < 4.78 is 0. The Hall–Kier alpha value is -3.02. The molecule has 1 fully saturated rings. The molecule has 0 radical (unpaired) electrons. The minimum absolute atomic E-state index is 0.238. The van der Waals surface area contributed by atoms with E-state index in [1.165, 1.54) is 5.56 Å². The largest absolute Gasteiger partial charge is 0.328 e. The highest BCUT2D eigenvalue weighted by molar-refractivity contribution is 6.19. The lowest BCUT2D eigenvalue weighted by molar-refractivity contribution is -0.144. The van der Waals surface area contributed by atoms with Gasteiger partial charge in [0.1, 0.15) is 5.41 Å². The topological polar surface area (TPSA) is 88.2 Å². The molecule has 0 saturated carbocycles. The van der Waals surface area contributed by atoms with Gasteiger partial charge in [-0.05, 0) is 54.0 Å². The highest BCUT2D eigenvalue weighted by Crippen LogP contribution is 2.32. The van der Waals surface area contributed by atoms with Gasteiger partial charge in [0.15, 0.2) is 0 Å². The first-order valence-corrected chi connectivity index (χ1v) is 9.05. The highest BCUT2D eigenvalue weighted by Gasteiger charge is 2.49. The number of nitrogens with one attached hydrogen (secondary N) is 2. The minimum atomic E-state index is -1.32. The monoisotopic (exact) mass is 365 g/mol. The Morgan fingerprint density at radius 1 is 0.889 bits per heavy atom. The number of urea groups is 1. The van der Waals surface area contributed by atoms with E-state index in [4.69, 9.17) is 0 Å². The number of carbonyl (C=O) groups excluding carboxylic acids is 3. The second-order valence-corrected chi connectivity index (χ2v) is 7.25. The molecule has 2 N–H and O–H groups in total. The predicted octanol–water partition coefficient (Wildman–Crippen LogP) is 2.73. The van der Waals surface area contributed by atoms with E-state index in [-0.39, 0.29) is 6.42 Å². The summed E-state index contributed by atoms with van der Waals surface area (Å²) in [6.07, 6.45) is 4.42. The van der Waals surface area contributed by atoms with Crippen molar-refractivity contribution in [2.75, 3.05) is 0 Å². The molecular formula is C21H23N3O3. The van der Waals surface area contributed by atoms with Crippen molar-refractivity contribution in [2.45, 2.75) is 39.0 Å². The van der Waals surface area contributed by atoms with Gasteiger partial charge in [-0.15, -0.1) is 0 Å². The lowest BCUT2D eigenvalue weighted by atomic mass is 9.74. The number of benzene rings is 1. The molecule has 0 aliphatic carbocycles. The molecule has 2 aromatic rings. The summed E-state index contributed by atoms with van der Waals surface area (Å²) >= 11 is 0. The van der Waals surface area contributed by atoms with Gasteiger partial charge in [-0.25, -0.2) is 4.79 Å². The van der Waals surface area contributed by atoms with Crippen LogP contribution in [0.15, 0.2) is 48.8 Å². The first-order chi connectivity index (χ1) is 12.9. The van der Waals surface area contributed by atoms with Gasteiger partial charge in [0, 0.05) is 12.4 Å². The summed E-state index contributed by atoms with van der Waals surface area (Å²) in [5.74, 6) is -0.685. The molecule has 140 valence electrons. The van der Waals surface area contributed by atoms with Crippen LogP contribution >= 0.6 is 0 Å². The first kappa shape index (κ1) is 18.8. The number of rotatable bonds is 6. The van der Waals surface area contributed by atoms with E-state index in [2.05, 4.69) is 29.5 Å². The zero-order valence-electron chi connectivity index (χ0n) is 15.5. The van der Waals surface area contributed by atoms with Gasteiger partial charge in [0.25, 0.3) is 0 Å². The van der Waals surface area contributed by atoms with E-state index < -0.39 is 23.3 Å². The molecule has 0 atom stereocenters. The Morgan fingerprint density at radius 3 is 2.04 bits per heavy atom. The normalized spacial score (nSPS) is 16.2. The van der Waals surface area contributed by atoms with E-state index in [0.717, 1.165) is 11.1 Å². The van der Waals surface area contributed by atoms with Gasteiger partial charge in [-0.1, -0.05) is 38.1 Å². The Bertz CT molecular complexity index is 825. The zero-order valence-corrected chi connectivity index (χ0v) is 15.5. The molecule has 0 unspecified atom stereocenters. The van der Waals surface area contributed by atoms with Crippen LogP contribution in [0.4, 0.5) is 4.79 Å². The Kier molecular flexibility index (Phi) is 5.35. The van der Waals surface area contributed by atoms with Crippen molar-refractivity contribution >= 4 is 17.8 Å². The number of aromatic nitrogens is 1. The average molecular weight is 365 g/mol. The lowest BCUT2D eigenvalue weighted by Crippen LogP contribution is -2.63. The van der Waals surface area contributed by atoms with Crippen LogP contribution in [0.2, 0.25) is 0 Å². The van der Waals surface area contributed by atoms with Crippen molar-refractivity contribution in [2.24, 2.45) is 5.41 Å². The summed E-state index contributed by atoms with van der Waals surface area (Å²) in [5.41, 5.74) is 1.74. The summed E-state index contributed by atoms with van der Waals surface area (Å²) in [6.45, 7) is 4.22. The fourth-order valence-electron chi connectivity index (χ4n) is 3.33. The summed E-state index contributed by atoms with van der Waals surface area (Å²) in [4.78, 5) is 41.0. The van der Waals surface area contributed by atoms with Crippen LogP contribution in [-0.4, -0.2) is 22.8 Å². The molecule has 6 nitrogen and oxygen atoms in total. The molecule has 3 rings (SSSR count). The van der Waals surface area contributed by atoms with Gasteiger partial charge in [-0.3, -0.25) is 25.2 Å². The van der Waals surface area contributed by atoms with E-state index >= 15 is 0 Å². The number of hydrogen-bond donors (Lipinski definition) is 2. The number of nitrogens with zero attached hydrogens (tertiary/aromatic N) is 1. The standard InChI is InChI=1S/C21H23N3O3/c1-14(2)17-5-3-16(4-6-17)13-21(10-7-15-8-11-22-12-9-15)18(25)23-20(27)24-19(21)26/h3-6,8-9,11-12,14H,7,10,13H2,1-2H3,(H2,23,24,25,26,27). The summed E-state index contributed by atoms with van der Waals surface area (Å²) in [5, 5.41) is 4.53. The maximum absolute atomic E-state index is 12.7. The van der Waals surface area contributed by atoms with Gasteiger partial charge in [-0.2, -0.15) is 0 Å². The van der Waals surface area contributed by atoms with E-state index in [0.29, 0.717) is 18.8 Å². The van der Waals surface area contributed by atoms with Crippen molar-refractivity contribution in [3.63, 3.8) is 0 Å². The summed E-state index contributed by atoms with van der Waals surface area (Å²) in [7, 11) is 0. The van der Waals surface area contributed by atoms with E-state index in [9.17, 15) is 14.4 Å². The van der Waals surface area contributed by atoms with Crippen LogP contribution in [0, 0.1) is 5.41 Å². The Balaban J connectivity index is 1.88. The van der Waals surface area contributed by atoms with E-state index in [1.807, 2.05) is 36.4 Å². The second-order valence-electron chi connectivity index (χ2n) is 7.25. The van der Waals surface area contributed by atoms with Crippen molar-refractivity contribution in [1.82, 2.24) is 15.6 Å². The smallest absolute Gasteiger partial charge is 0.277 e. The van der Waals surface area contributed by atoms with Crippen molar-refractivity contribution in [3.05, 3.63) is 65.5 Å². The molecule has 1 aromatic heterocycles. The van der Waals surface area contributed by atoms with Crippen LogP contribution in [0.5, 0.6) is 0 Å². The van der Waals surface area contributed by atoms with Crippen LogP contribution in [0.25, 0.3) is 0 Å². The zero-order chi connectivity index (χ0) is 19.4. The molecule has 1 aliphatic rings. The number of imide groups is 2.